The van der Waals surface area contributed by atoms with Gasteiger partial charge in [0.1, 0.15) is 6.61 Å². The van der Waals surface area contributed by atoms with Crippen LogP contribution in [0.5, 0.6) is 5.75 Å². The van der Waals surface area contributed by atoms with Crippen LogP contribution in [-0.4, -0.2) is 55.0 Å². The number of carbonyl (C=O) groups is 1. The van der Waals surface area contributed by atoms with Gasteiger partial charge in [-0.3, -0.25) is 9.88 Å². The van der Waals surface area contributed by atoms with Crippen LogP contribution in [0, 0.1) is 11.6 Å². The molecule has 2 heterocycles. The Morgan fingerprint density at radius 3 is 2.58 bits per heavy atom. The van der Waals surface area contributed by atoms with Crippen molar-refractivity contribution in [3.63, 3.8) is 0 Å². The van der Waals surface area contributed by atoms with Crippen LogP contribution in [0.4, 0.5) is 19.3 Å². The Kier molecular flexibility index (Phi) is 8.14. The average Bonchev–Trinajstić information content (AvgIpc) is 3.13. The molecule has 166 valence electrons. The van der Waals surface area contributed by atoms with Crippen LogP contribution in [0.1, 0.15) is 31.7 Å². The first-order chi connectivity index (χ1) is 15.1. The van der Waals surface area contributed by atoms with Gasteiger partial charge in [-0.1, -0.05) is 5.16 Å². The number of pyridine rings is 1. The summed E-state index contributed by atoms with van der Waals surface area (Å²) in [6, 6.07) is 5.91. The minimum atomic E-state index is -0.781. The van der Waals surface area contributed by atoms with E-state index < -0.39 is 17.4 Å². The number of benzene rings is 1. The molecule has 1 fully saturated rings. The Balaban J connectivity index is 1.38. The lowest BCUT2D eigenvalue weighted by molar-refractivity contribution is 0.160. The van der Waals surface area contributed by atoms with Crippen LogP contribution in [0.15, 0.2) is 41.8 Å². The molecule has 0 radical (unpaired) electrons. The summed E-state index contributed by atoms with van der Waals surface area (Å²) in [5.41, 5.74) is 1.10. The highest BCUT2D eigenvalue weighted by molar-refractivity contribution is 5.94. The van der Waals surface area contributed by atoms with Crippen molar-refractivity contribution in [2.75, 3.05) is 37.7 Å². The molecule has 1 saturated heterocycles. The van der Waals surface area contributed by atoms with Crippen LogP contribution in [0.2, 0.25) is 0 Å². The fourth-order valence-electron chi connectivity index (χ4n) is 3.27. The number of hydrogen-bond acceptors (Lipinski definition) is 5. The number of ether oxygens (including phenoxy) is 1. The number of rotatable bonds is 11. The fourth-order valence-corrected chi connectivity index (χ4v) is 3.27. The zero-order chi connectivity index (χ0) is 22.1. The highest BCUT2D eigenvalue weighted by atomic mass is 19.1. The van der Waals surface area contributed by atoms with Crippen molar-refractivity contribution >= 4 is 17.9 Å². The Labute approximate surface area is 180 Å². The van der Waals surface area contributed by atoms with Gasteiger partial charge < -0.3 is 14.5 Å². The number of halogens is 2. The van der Waals surface area contributed by atoms with Crippen molar-refractivity contribution in [1.82, 2.24) is 9.88 Å². The van der Waals surface area contributed by atoms with E-state index in [1.807, 2.05) is 17.0 Å². The van der Waals surface area contributed by atoms with Gasteiger partial charge in [-0.15, -0.1) is 0 Å². The molecule has 9 heteroatoms. The predicted molar refractivity (Wildman–Crippen MR) is 113 cm³/mol. The maximum atomic E-state index is 14.1. The number of carbonyl (C=O) groups excluding carboxylic acids is 1. The predicted octanol–water partition coefficient (Wildman–Crippen LogP) is 4.22. The van der Waals surface area contributed by atoms with E-state index in [0.29, 0.717) is 32.7 Å². The van der Waals surface area contributed by atoms with Crippen LogP contribution in [-0.2, 0) is 4.84 Å². The summed E-state index contributed by atoms with van der Waals surface area (Å²) < 4.78 is 33.5. The zero-order valence-electron chi connectivity index (χ0n) is 17.5. The first-order valence-corrected chi connectivity index (χ1v) is 10.3. The monoisotopic (exact) mass is 432 g/mol. The first kappa shape index (κ1) is 22.5. The molecule has 0 bridgehead atoms. The molecule has 0 saturated carbocycles. The van der Waals surface area contributed by atoms with Crippen molar-refractivity contribution in [1.29, 1.82) is 0 Å². The van der Waals surface area contributed by atoms with E-state index in [1.165, 1.54) is 6.21 Å². The van der Waals surface area contributed by atoms with Gasteiger partial charge in [-0.25, -0.2) is 13.6 Å². The number of urea groups is 1. The molecule has 0 spiro atoms. The highest BCUT2D eigenvalue weighted by Gasteiger charge is 2.28. The molecule has 31 heavy (non-hydrogen) atoms. The van der Waals surface area contributed by atoms with Crippen molar-refractivity contribution in [3.8, 4) is 5.75 Å². The van der Waals surface area contributed by atoms with Gasteiger partial charge in [0.05, 0.1) is 12.8 Å². The molecule has 2 aromatic rings. The number of aromatic nitrogens is 1. The van der Waals surface area contributed by atoms with Gasteiger partial charge in [0.25, 0.3) is 0 Å². The van der Waals surface area contributed by atoms with E-state index in [9.17, 15) is 13.6 Å². The standard InChI is InChI=1S/C22H26F2N4O3/c1-2-31-26-16-17-14-19(23)21(20(24)15-17)30-13-5-3-4-10-27-11-12-28(22(27)29)18-6-8-25-9-7-18/h6-9,14-16H,2-5,10-13H2,1H3/b26-16+. The summed E-state index contributed by atoms with van der Waals surface area (Å²) in [6.07, 6.45) is 6.77. The zero-order valence-corrected chi connectivity index (χ0v) is 17.5. The summed E-state index contributed by atoms with van der Waals surface area (Å²) in [5.74, 6) is -1.95. The van der Waals surface area contributed by atoms with Gasteiger partial charge >= 0.3 is 6.03 Å². The van der Waals surface area contributed by atoms with Crippen LogP contribution >= 0.6 is 0 Å². The second kappa shape index (κ2) is 11.2. The Bertz CT molecular complexity index is 873. The third kappa shape index (κ3) is 6.13. The maximum Gasteiger partial charge on any atom is 0.324 e. The Morgan fingerprint density at radius 2 is 1.87 bits per heavy atom. The molecule has 3 rings (SSSR count). The fraction of sp³-hybridized carbons (Fsp3) is 0.409. The smallest absolute Gasteiger partial charge is 0.324 e. The first-order valence-electron chi connectivity index (χ1n) is 10.3. The van der Waals surface area contributed by atoms with Crippen LogP contribution in [0.3, 0.4) is 0 Å². The van der Waals surface area contributed by atoms with E-state index in [-0.39, 0.29) is 18.2 Å². The molecule has 0 atom stereocenters. The lowest BCUT2D eigenvalue weighted by Crippen LogP contribution is -2.32. The van der Waals surface area contributed by atoms with E-state index in [2.05, 4.69) is 10.1 Å². The minimum absolute atomic E-state index is 0.0143. The summed E-state index contributed by atoms with van der Waals surface area (Å²) in [5, 5.41) is 3.59. The van der Waals surface area contributed by atoms with Crippen molar-refractivity contribution in [3.05, 3.63) is 53.9 Å². The molecule has 2 amide bonds. The number of hydrogen-bond donors (Lipinski definition) is 0. The van der Waals surface area contributed by atoms with Crippen LogP contribution in [0.25, 0.3) is 0 Å². The molecule has 7 nitrogen and oxygen atoms in total. The van der Waals surface area contributed by atoms with Gasteiger partial charge in [-0.2, -0.15) is 0 Å². The molecular weight excluding hydrogens is 406 g/mol. The highest BCUT2D eigenvalue weighted by Crippen LogP contribution is 2.23. The molecule has 1 aliphatic heterocycles. The summed E-state index contributed by atoms with van der Waals surface area (Å²) in [6.45, 7) is 4.28. The maximum absolute atomic E-state index is 14.1. The van der Waals surface area contributed by atoms with E-state index in [4.69, 9.17) is 9.57 Å². The lowest BCUT2D eigenvalue weighted by atomic mass is 10.2. The average molecular weight is 432 g/mol. The van der Waals surface area contributed by atoms with Gasteiger partial charge in [0, 0.05) is 43.3 Å². The SMILES string of the molecule is CCO/N=C/c1cc(F)c(OCCCCCN2CCN(c3ccncc3)C2=O)c(F)c1. The number of nitrogens with zero attached hydrogens (tertiary/aromatic N) is 4. The quantitative estimate of drug-likeness (QED) is 0.303. The lowest BCUT2D eigenvalue weighted by Gasteiger charge is -2.18. The molecule has 1 aromatic heterocycles. The third-order valence-corrected chi connectivity index (χ3v) is 4.81. The minimum Gasteiger partial charge on any atom is -0.488 e. The third-order valence-electron chi connectivity index (χ3n) is 4.81. The van der Waals surface area contributed by atoms with Crippen molar-refractivity contribution < 1.29 is 23.1 Å². The molecule has 1 aromatic carbocycles. The van der Waals surface area contributed by atoms with Gasteiger partial charge in [0.15, 0.2) is 17.4 Å². The topological polar surface area (TPSA) is 67.3 Å². The van der Waals surface area contributed by atoms with Crippen LogP contribution < -0.4 is 9.64 Å². The molecule has 0 N–H and O–H groups in total. The molecule has 0 aliphatic carbocycles. The summed E-state index contributed by atoms with van der Waals surface area (Å²) in [7, 11) is 0. The van der Waals surface area contributed by atoms with Crippen molar-refractivity contribution in [2.45, 2.75) is 26.2 Å². The Morgan fingerprint density at radius 1 is 1.13 bits per heavy atom. The van der Waals surface area contributed by atoms with E-state index in [1.54, 1.807) is 24.2 Å². The van der Waals surface area contributed by atoms with Crippen molar-refractivity contribution in [2.24, 2.45) is 5.16 Å². The van der Waals surface area contributed by atoms with Gasteiger partial charge in [0.2, 0.25) is 0 Å². The largest absolute Gasteiger partial charge is 0.488 e. The molecular formula is C22H26F2N4O3. The molecule has 0 unspecified atom stereocenters. The number of anilines is 1. The van der Waals surface area contributed by atoms with E-state index in [0.717, 1.165) is 30.7 Å². The Hall–Kier alpha value is -3.23. The number of amides is 2. The van der Waals surface area contributed by atoms with E-state index >= 15 is 0 Å². The second-order valence-electron chi connectivity index (χ2n) is 7.00. The second-order valence-corrected chi connectivity index (χ2v) is 7.00. The molecule has 1 aliphatic rings. The number of oxime groups is 1. The summed E-state index contributed by atoms with van der Waals surface area (Å²) >= 11 is 0. The number of unbranched alkanes of at least 4 members (excludes halogenated alkanes) is 2. The normalized spacial score (nSPS) is 14.0. The summed E-state index contributed by atoms with van der Waals surface area (Å²) in [4.78, 5) is 24.8. The van der Waals surface area contributed by atoms with Gasteiger partial charge in [-0.05, 0) is 50.5 Å².